The average molecular weight is 392 g/mol. The van der Waals surface area contributed by atoms with Crippen LogP contribution in [0.3, 0.4) is 0 Å². The van der Waals surface area contributed by atoms with E-state index in [2.05, 4.69) is 4.90 Å². The van der Waals surface area contributed by atoms with Gasteiger partial charge in [0, 0.05) is 38.6 Å². The number of methoxy groups -OCH3 is 1. The van der Waals surface area contributed by atoms with Crippen LogP contribution in [0.5, 0.6) is 0 Å². The molecule has 0 N–H and O–H groups in total. The Morgan fingerprint density at radius 1 is 1.14 bits per heavy atom. The van der Waals surface area contributed by atoms with Gasteiger partial charge in [0.15, 0.2) is 11.6 Å². The van der Waals surface area contributed by atoms with Crippen molar-refractivity contribution in [2.75, 3.05) is 33.4 Å². The molecule has 0 saturated carbocycles. The Morgan fingerprint density at radius 3 is 2.68 bits per heavy atom. The van der Waals surface area contributed by atoms with Gasteiger partial charge in [0.1, 0.15) is 0 Å². The number of benzene rings is 1. The fraction of sp³-hybridized carbons (Fsp3) is 0.682. The highest BCUT2D eigenvalue weighted by Gasteiger charge is 2.54. The number of likely N-dealkylation sites (tertiary alicyclic amines) is 1. The summed E-state index contributed by atoms with van der Waals surface area (Å²) in [5, 5.41) is 0. The lowest BCUT2D eigenvalue weighted by Gasteiger charge is -2.51. The van der Waals surface area contributed by atoms with Crippen molar-refractivity contribution in [3.8, 4) is 0 Å². The maximum Gasteiger partial charge on any atom is 0.222 e. The van der Waals surface area contributed by atoms with Crippen molar-refractivity contribution in [1.82, 2.24) is 9.80 Å². The molecule has 5 rings (SSSR count). The standard InChI is InChI=1S/C22H30F2N2O2/c1-28-13-4-2-3-8-19(27)26-14-17(16-6-5-7-18(23)20(16)24)22-21(26)15-9-11-25(22)12-10-15/h5-7,15,17,21-22H,2-4,8-14H2,1H3/t17-,21+,22+/m1/s1. The number of carbonyl (C=O) groups is 1. The summed E-state index contributed by atoms with van der Waals surface area (Å²) in [7, 11) is 1.69. The highest BCUT2D eigenvalue weighted by molar-refractivity contribution is 5.77. The average Bonchev–Trinajstić information content (AvgIpc) is 3.13. The van der Waals surface area contributed by atoms with E-state index in [1.165, 1.54) is 6.07 Å². The lowest BCUT2D eigenvalue weighted by Crippen LogP contribution is -2.60. The van der Waals surface area contributed by atoms with Crippen LogP contribution in [0.15, 0.2) is 18.2 Å². The van der Waals surface area contributed by atoms with Crippen LogP contribution in [0, 0.1) is 17.6 Å². The first-order valence-corrected chi connectivity index (χ1v) is 10.6. The second-order valence-corrected chi connectivity index (χ2v) is 8.45. The second kappa shape index (κ2) is 8.46. The van der Waals surface area contributed by atoms with E-state index in [9.17, 15) is 13.6 Å². The number of unbranched alkanes of at least 4 members (excludes halogenated alkanes) is 2. The highest BCUT2D eigenvalue weighted by atomic mass is 19.2. The van der Waals surface area contributed by atoms with Crippen LogP contribution in [0.2, 0.25) is 0 Å². The molecule has 1 aromatic carbocycles. The molecule has 3 atom stereocenters. The summed E-state index contributed by atoms with van der Waals surface area (Å²) < 4.78 is 33.6. The van der Waals surface area contributed by atoms with E-state index in [0.717, 1.165) is 51.8 Å². The Kier molecular flexibility index (Phi) is 5.97. The fourth-order valence-corrected chi connectivity index (χ4v) is 5.63. The Hall–Kier alpha value is -1.53. The number of carbonyl (C=O) groups excluding carboxylic acids is 1. The predicted molar refractivity (Wildman–Crippen MR) is 103 cm³/mol. The van der Waals surface area contributed by atoms with Crippen LogP contribution in [-0.2, 0) is 9.53 Å². The normalized spacial score (nSPS) is 31.2. The molecule has 4 aliphatic rings. The number of amides is 1. The van der Waals surface area contributed by atoms with Gasteiger partial charge in [0.05, 0.1) is 6.04 Å². The monoisotopic (exact) mass is 392 g/mol. The van der Waals surface area contributed by atoms with E-state index in [-0.39, 0.29) is 23.9 Å². The molecule has 0 radical (unpaired) electrons. The molecule has 0 unspecified atom stereocenters. The van der Waals surface area contributed by atoms with Gasteiger partial charge in [-0.15, -0.1) is 0 Å². The maximum atomic E-state index is 14.6. The van der Waals surface area contributed by atoms with Gasteiger partial charge in [-0.25, -0.2) is 8.78 Å². The number of piperidine rings is 3. The Labute approximate surface area is 165 Å². The second-order valence-electron chi connectivity index (χ2n) is 8.45. The van der Waals surface area contributed by atoms with Gasteiger partial charge < -0.3 is 9.64 Å². The summed E-state index contributed by atoms with van der Waals surface area (Å²) in [4.78, 5) is 17.5. The summed E-state index contributed by atoms with van der Waals surface area (Å²) >= 11 is 0. The zero-order valence-electron chi connectivity index (χ0n) is 16.6. The van der Waals surface area contributed by atoms with E-state index >= 15 is 0 Å². The molecule has 4 fully saturated rings. The third-order valence-electron chi connectivity index (χ3n) is 6.93. The number of hydrogen-bond acceptors (Lipinski definition) is 3. The van der Waals surface area contributed by atoms with Gasteiger partial charge in [-0.2, -0.15) is 0 Å². The highest BCUT2D eigenvalue weighted by Crippen LogP contribution is 2.47. The van der Waals surface area contributed by atoms with Gasteiger partial charge in [-0.1, -0.05) is 18.6 Å². The third-order valence-corrected chi connectivity index (χ3v) is 6.93. The lowest BCUT2D eigenvalue weighted by molar-refractivity contribution is -0.136. The van der Waals surface area contributed by atoms with Crippen LogP contribution in [0.4, 0.5) is 8.78 Å². The van der Waals surface area contributed by atoms with Crippen LogP contribution in [0.25, 0.3) is 0 Å². The number of ether oxygens (including phenoxy) is 1. The predicted octanol–water partition coefficient (Wildman–Crippen LogP) is 3.56. The summed E-state index contributed by atoms with van der Waals surface area (Å²) in [6, 6.07) is 4.70. The minimum atomic E-state index is -0.798. The van der Waals surface area contributed by atoms with Crippen LogP contribution in [-0.4, -0.2) is 61.1 Å². The van der Waals surface area contributed by atoms with Crippen molar-refractivity contribution in [1.29, 1.82) is 0 Å². The molecule has 0 aromatic heterocycles. The molecule has 4 aliphatic heterocycles. The van der Waals surface area contributed by atoms with E-state index in [1.807, 2.05) is 4.90 Å². The SMILES string of the molecule is COCCCCCC(=O)N1C[C@H](c2cccc(F)c2F)[C@H]2[C@@H]1C1CCN2CC1. The van der Waals surface area contributed by atoms with Crippen LogP contribution in [0.1, 0.15) is 50.0 Å². The number of hydrogen-bond donors (Lipinski definition) is 0. The first-order valence-electron chi connectivity index (χ1n) is 10.6. The molecule has 1 aromatic rings. The lowest BCUT2D eigenvalue weighted by atomic mass is 9.75. The van der Waals surface area contributed by atoms with Crippen LogP contribution < -0.4 is 0 Å². The summed E-state index contributed by atoms with van der Waals surface area (Å²) in [5.41, 5.74) is 0.429. The molecular formula is C22H30F2N2O2. The van der Waals surface area contributed by atoms with Crippen molar-refractivity contribution < 1.29 is 18.3 Å². The van der Waals surface area contributed by atoms with Crippen LogP contribution >= 0.6 is 0 Å². The first kappa shape index (κ1) is 19.8. The van der Waals surface area contributed by atoms with E-state index in [1.54, 1.807) is 19.2 Å². The smallest absolute Gasteiger partial charge is 0.222 e. The van der Waals surface area contributed by atoms with Crippen molar-refractivity contribution in [3.63, 3.8) is 0 Å². The van der Waals surface area contributed by atoms with E-state index < -0.39 is 11.6 Å². The van der Waals surface area contributed by atoms with Gasteiger partial charge in [0.25, 0.3) is 0 Å². The van der Waals surface area contributed by atoms with Crippen molar-refractivity contribution in [2.45, 2.75) is 56.5 Å². The van der Waals surface area contributed by atoms with Crippen molar-refractivity contribution in [2.24, 2.45) is 5.92 Å². The molecule has 4 nitrogen and oxygen atoms in total. The van der Waals surface area contributed by atoms with Gasteiger partial charge in [0.2, 0.25) is 5.91 Å². The van der Waals surface area contributed by atoms with Crippen molar-refractivity contribution >= 4 is 5.91 Å². The minimum absolute atomic E-state index is 0.112. The molecule has 4 saturated heterocycles. The number of halogens is 2. The largest absolute Gasteiger partial charge is 0.385 e. The maximum absolute atomic E-state index is 14.6. The minimum Gasteiger partial charge on any atom is -0.385 e. The topological polar surface area (TPSA) is 32.8 Å². The summed E-state index contributed by atoms with van der Waals surface area (Å²) in [6.45, 7) is 3.22. The number of rotatable bonds is 7. The summed E-state index contributed by atoms with van der Waals surface area (Å²) in [5.74, 6) is -1.05. The molecule has 6 heteroatoms. The molecule has 0 aliphatic carbocycles. The zero-order chi connectivity index (χ0) is 19.7. The van der Waals surface area contributed by atoms with Gasteiger partial charge in [-0.05, 0) is 56.3 Å². The van der Waals surface area contributed by atoms with E-state index in [0.29, 0.717) is 24.4 Å². The summed E-state index contributed by atoms with van der Waals surface area (Å²) in [6.07, 6.45) is 5.50. The third kappa shape index (κ3) is 3.57. The first-order chi connectivity index (χ1) is 13.6. The van der Waals surface area contributed by atoms with E-state index in [4.69, 9.17) is 4.74 Å². The molecule has 154 valence electrons. The molecule has 4 heterocycles. The number of fused-ring (bicyclic) bond motifs is 2. The molecular weight excluding hydrogens is 362 g/mol. The molecule has 1 amide bonds. The number of nitrogens with zero attached hydrogens (tertiary/aromatic N) is 2. The molecule has 28 heavy (non-hydrogen) atoms. The molecule has 0 spiro atoms. The molecule has 2 bridgehead atoms. The Bertz CT molecular complexity index is 706. The fourth-order valence-electron chi connectivity index (χ4n) is 5.63. The Morgan fingerprint density at radius 2 is 1.93 bits per heavy atom. The van der Waals surface area contributed by atoms with Gasteiger partial charge >= 0.3 is 0 Å². The van der Waals surface area contributed by atoms with Crippen molar-refractivity contribution in [3.05, 3.63) is 35.4 Å². The van der Waals surface area contributed by atoms with Gasteiger partial charge in [-0.3, -0.25) is 9.69 Å². The Balaban J connectivity index is 1.53. The quantitative estimate of drug-likeness (QED) is 0.665. The zero-order valence-corrected chi connectivity index (χ0v) is 16.6.